The molecule has 5 heteroatoms. The van der Waals surface area contributed by atoms with Crippen LogP contribution in [0.25, 0.3) is 51.6 Å². The molecule has 0 aliphatic heterocycles. The van der Waals surface area contributed by atoms with Crippen LogP contribution in [0, 0.1) is 0 Å². The van der Waals surface area contributed by atoms with Crippen molar-refractivity contribution in [1.82, 2.24) is 0 Å². The van der Waals surface area contributed by atoms with Crippen molar-refractivity contribution in [2.75, 3.05) is 9.80 Å². The van der Waals surface area contributed by atoms with Crippen LogP contribution < -0.4 is 9.80 Å². The maximum absolute atomic E-state index is 3.97. The van der Waals surface area contributed by atoms with Gasteiger partial charge in [-0.05, 0) is 220 Å². The number of thioether (sulfide) groups is 3. The third kappa shape index (κ3) is 12.7. The standard InChI is InChI=1S/C101H76N2S3/c1-4-71-30-36-74(37-31-71)68-104-89-58-46-80(47-59-89)100(79-20-10-7-11-21-79)96-28-18-16-26-92(96)94-64-56-87(66-98(94)100)102(83-22-12-8-13-23-83)85-52-42-77(43-53-85)78-44-54-86(55-45-78)103(84-24-14-9-15-25-84)88-57-65-95-93-27-17-19-29-97(93)101(99(95)67-88,81-48-60-90(61-49-81)105-69-75-38-32-72(5-2)33-39-75)82-50-62-91(63-51-82)106-70-76-40-34-73(6-3)35-41-76/h4-67H,1-3,68-70H2. The Morgan fingerprint density at radius 3 is 0.840 bits per heavy atom. The Morgan fingerprint density at radius 2 is 0.509 bits per heavy atom. The first kappa shape index (κ1) is 67.4. The lowest BCUT2D eigenvalue weighted by Gasteiger charge is -2.35. The largest absolute Gasteiger partial charge is 0.310 e. The van der Waals surface area contributed by atoms with Gasteiger partial charge in [-0.3, -0.25) is 0 Å². The number of rotatable bonds is 23. The van der Waals surface area contributed by atoms with Crippen LogP contribution in [0.5, 0.6) is 0 Å². The number of nitrogens with zero attached hydrogens (tertiary/aromatic N) is 2. The summed E-state index contributed by atoms with van der Waals surface area (Å²) in [6.07, 6.45) is 5.70. The lowest BCUT2D eigenvalue weighted by atomic mass is 9.67. The highest BCUT2D eigenvalue weighted by Crippen LogP contribution is 2.60. The van der Waals surface area contributed by atoms with E-state index in [9.17, 15) is 0 Å². The van der Waals surface area contributed by atoms with E-state index in [1.165, 1.54) is 98.1 Å². The second-order valence-electron chi connectivity index (χ2n) is 27.1. The number of anilines is 6. The molecule has 1 atom stereocenters. The summed E-state index contributed by atoms with van der Waals surface area (Å²) in [6, 6.07) is 138. The summed E-state index contributed by atoms with van der Waals surface area (Å²) >= 11 is 5.61. The van der Waals surface area contributed by atoms with Gasteiger partial charge < -0.3 is 9.80 Å². The van der Waals surface area contributed by atoms with Crippen molar-refractivity contribution in [1.29, 1.82) is 0 Å². The molecule has 0 N–H and O–H groups in total. The van der Waals surface area contributed by atoms with Gasteiger partial charge in [-0.1, -0.05) is 299 Å². The molecule has 508 valence electrons. The van der Waals surface area contributed by atoms with Crippen molar-refractivity contribution < 1.29 is 0 Å². The van der Waals surface area contributed by atoms with Crippen molar-refractivity contribution in [2.24, 2.45) is 0 Å². The minimum Gasteiger partial charge on any atom is -0.310 e. The minimum atomic E-state index is -0.643. The lowest BCUT2D eigenvalue weighted by molar-refractivity contribution is 0.766. The van der Waals surface area contributed by atoms with Crippen molar-refractivity contribution in [2.45, 2.75) is 42.8 Å². The Kier molecular flexibility index (Phi) is 18.9. The number of benzene rings is 15. The monoisotopic (exact) mass is 1410 g/mol. The molecule has 1 unspecified atom stereocenters. The number of fused-ring (bicyclic) bond motifs is 6. The van der Waals surface area contributed by atoms with Crippen LogP contribution in [0.4, 0.5) is 34.1 Å². The van der Waals surface area contributed by atoms with Gasteiger partial charge in [0.15, 0.2) is 0 Å². The fraction of sp³-hybridized carbons (Fsp3) is 0.0495. The molecular formula is C101H76N2S3. The van der Waals surface area contributed by atoms with Gasteiger partial charge in [0.05, 0.1) is 10.8 Å². The van der Waals surface area contributed by atoms with E-state index in [1.54, 1.807) is 0 Å². The third-order valence-electron chi connectivity index (χ3n) is 21.1. The van der Waals surface area contributed by atoms with E-state index in [0.717, 1.165) is 79.2 Å². The van der Waals surface area contributed by atoms with Crippen LogP contribution in [0.15, 0.2) is 404 Å². The summed E-state index contributed by atoms with van der Waals surface area (Å²) < 4.78 is 0. The van der Waals surface area contributed by atoms with Crippen LogP contribution >= 0.6 is 35.3 Å². The second kappa shape index (κ2) is 29.7. The summed E-state index contributed by atoms with van der Waals surface area (Å²) in [5, 5.41) is 0. The number of hydrogen-bond donors (Lipinski definition) is 0. The normalized spacial score (nSPS) is 13.5. The molecule has 0 saturated carbocycles. The SMILES string of the molecule is C=Cc1ccc(CSc2ccc(C3(c4ccccc4)c4ccccc4-c4ccc(N(c5ccccc5)c5ccc(-c6ccc(N(c7ccccc7)c7ccc8c(c7)C(c7ccc(SCc9ccc(C=C)cc9)cc7)(c7ccc(SCc9ccc(C=C)cc9)cc7)c7ccccc7-8)cc6)cc5)cc43)cc2)cc1. The average Bonchev–Trinajstić information content (AvgIpc) is 1.54. The average molecular weight is 1410 g/mol. The zero-order chi connectivity index (χ0) is 71.4. The van der Waals surface area contributed by atoms with Crippen molar-refractivity contribution >= 4 is 87.6 Å². The molecule has 0 heterocycles. The smallest absolute Gasteiger partial charge is 0.0714 e. The molecule has 0 fully saturated rings. The Labute approximate surface area is 636 Å². The van der Waals surface area contributed by atoms with Crippen molar-refractivity contribution in [3.05, 3.63) is 468 Å². The summed E-state index contributed by atoms with van der Waals surface area (Å²) in [5.74, 6) is 2.64. The maximum atomic E-state index is 3.97. The molecule has 15 aromatic rings. The maximum Gasteiger partial charge on any atom is 0.0714 e. The van der Waals surface area contributed by atoms with Crippen molar-refractivity contribution in [3.8, 4) is 33.4 Å². The summed E-state index contributed by atoms with van der Waals surface area (Å²) in [7, 11) is 0. The lowest BCUT2D eigenvalue weighted by Crippen LogP contribution is -2.28. The molecule has 2 aliphatic carbocycles. The van der Waals surface area contributed by atoms with E-state index in [-0.39, 0.29) is 0 Å². The van der Waals surface area contributed by atoms with Gasteiger partial charge >= 0.3 is 0 Å². The van der Waals surface area contributed by atoms with Gasteiger partial charge in [0, 0.05) is 66.1 Å². The van der Waals surface area contributed by atoms with Gasteiger partial charge in [-0.15, -0.1) is 35.3 Å². The fourth-order valence-corrected chi connectivity index (χ4v) is 18.4. The van der Waals surface area contributed by atoms with Crippen LogP contribution in [0.3, 0.4) is 0 Å². The van der Waals surface area contributed by atoms with E-state index in [1.807, 2.05) is 53.5 Å². The molecular weight excluding hydrogens is 1340 g/mol. The molecule has 0 saturated heterocycles. The van der Waals surface area contributed by atoms with Gasteiger partial charge in [-0.2, -0.15) is 0 Å². The molecule has 15 aromatic carbocycles. The van der Waals surface area contributed by atoms with E-state index in [2.05, 4.69) is 400 Å². The van der Waals surface area contributed by atoms with Crippen LogP contribution in [0.1, 0.15) is 77.9 Å². The van der Waals surface area contributed by atoms with E-state index >= 15 is 0 Å². The van der Waals surface area contributed by atoms with Crippen LogP contribution in [0.2, 0.25) is 0 Å². The molecule has 106 heavy (non-hydrogen) atoms. The molecule has 2 nitrogen and oxygen atoms in total. The summed E-state index contributed by atoms with van der Waals surface area (Å²) in [4.78, 5) is 8.53. The quantitative estimate of drug-likeness (QED) is 0.0587. The van der Waals surface area contributed by atoms with E-state index in [4.69, 9.17) is 0 Å². The predicted molar refractivity (Wildman–Crippen MR) is 454 cm³/mol. The summed E-state index contributed by atoms with van der Waals surface area (Å²) in [5.41, 5.74) is 29.7. The highest BCUT2D eigenvalue weighted by Gasteiger charge is 2.48. The molecule has 0 aromatic heterocycles. The van der Waals surface area contributed by atoms with E-state index in [0.29, 0.717) is 0 Å². The first-order valence-electron chi connectivity index (χ1n) is 36.2. The molecule has 2 aliphatic rings. The van der Waals surface area contributed by atoms with Crippen LogP contribution in [-0.4, -0.2) is 0 Å². The Bertz CT molecular complexity index is 5550. The number of hydrogen-bond acceptors (Lipinski definition) is 5. The highest BCUT2D eigenvalue weighted by molar-refractivity contribution is 7.99. The van der Waals surface area contributed by atoms with Gasteiger partial charge in [0.1, 0.15) is 0 Å². The first-order chi connectivity index (χ1) is 52.4. The minimum absolute atomic E-state index is 0.585. The predicted octanol–water partition coefficient (Wildman–Crippen LogP) is 27.8. The van der Waals surface area contributed by atoms with E-state index < -0.39 is 10.8 Å². The molecule has 0 bridgehead atoms. The molecule has 0 spiro atoms. The van der Waals surface area contributed by atoms with Crippen LogP contribution in [-0.2, 0) is 28.1 Å². The van der Waals surface area contributed by atoms with Crippen molar-refractivity contribution in [3.63, 3.8) is 0 Å². The summed E-state index contributed by atoms with van der Waals surface area (Å²) in [6.45, 7) is 11.9. The first-order valence-corrected chi connectivity index (χ1v) is 39.1. The van der Waals surface area contributed by atoms with Gasteiger partial charge in [0.2, 0.25) is 0 Å². The molecule has 17 rings (SSSR count). The second-order valence-corrected chi connectivity index (χ2v) is 30.3. The number of para-hydroxylation sites is 2. The van der Waals surface area contributed by atoms with Gasteiger partial charge in [-0.25, -0.2) is 0 Å². The Balaban J connectivity index is 0.711. The Hall–Kier alpha value is -11.8. The Morgan fingerprint density at radius 1 is 0.236 bits per heavy atom. The topological polar surface area (TPSA) is 6.48 Å². The van der Waals surface area contributed by atoms with Gasteiger partial charge in [0.25, 0.3) is 0 Å². The zero-order valence-electron chi connectivity index (χ0n) is 58.8. The highest BCUT2D eigenvalue weighted by atomic mass is 32.2. The molecule has 0 radical (unpaired) electrons. The zero-order valence-corrected chi connectivity index (χ0v) is 61.3. The fourth-order valence-electron chi connectivity index (χ4n) is 15.9. The third-order valence-corrected chi connectivity index (χ3v) is 24.4. The molecule has 0 amide bonds.